The van der Waals surface area contributed by atoms with Crippen LogP contribution in [0.25, 0.3) is 0 Å². The van der Waals surface area contributed by atoms with Crippen molar-refractivity contribution in [2.75, 3.05) is 18.0 Å². The summed E-state index contributed by atoms with van der Waals surface area (Å²) < 4.78 is 0. The van der Waals surface area contributed by atoms with Crippen LogP contribution in [0.2, 0.25) is 0 Å². The average molecular weight is 215 g/mol. The Bertz CT molecular complexity index is 425. The molecule has 82 valence electrons. The predicted octanol–water partition coefficient (Wildman–Crippen LogP) is 1.37. The molecular weight excluding hydrogens is 202 g/mol. The fraction of sp³-hybridized carbons (Fsp3) is 0.417. The number of anilines is 1. The maximum absolute atomic E-state index is 10.8. The van der Waals surface area contributed by atoms with Crippen molar-refractivity contribution in [3.8, 4) is 6.07 Å². The molecule has 0 spiro atoms. The highest BCUT2D eigenvalue weighted by atomic mass is 16.1. The predicted molar refractivity (Wildman–Crippen MR) is 60.0 cm³/mol. The zero-order valence-electron chi connectivity index (χ0n) is 8.97. The number of piperidine rings is 1. The zero-order chi connectivity index (χ0) is 11.4. The largest absolute Gasteiger partial charge is 0.368 e. The highest BCUT2D eigenvalue weighted by Gasteiger charge is 2.21. The van der Waals surface area contributed by atoms with E-state index in [0.717, 1.165) is 31.4 Å². The molecule has 4 nitrogen and oxygen atoms in total. The Morgan fingerprint density at radius 1 is 1.62 bits per heavy atom. The minimum absolute atomic E-state index is 0.0838. The molecule has 1 aliphatic heterocycles. The summed E-state index contributed by atoms with van der Waals surface area (Å²) in [5, 5.41) is 8.96. The van der Waals surface area contributed by atoms with Gasteiger partial charge in [-0.05, 0) is 25.0 Å². The second-order valence-electron chi connectivity index (χ2n) is 3.97. The number of aldehydes is 1. The van der Waals surface area contributed by atoms with Crippen LogP contribution in [0.15, 0.2) is 18.3 Å². The lowest BCUT2D eigenvalue weighted by Gasteiger charge is -2.32. The lowest BCUT2D eigenvalue weighted by molar-refractivity contribution is -0.111. The van der Waals surface area contributed by atoms with Gasteiger partial charge in [-0.2, -0.15) is 5.26 Å². The first-order chi connectivity index (χ1) is 7.85. The van der Waals surface area contributed by atoms with Crippen LogP contribution in [-0.2, 0) is 4.79 Å². The second kappa shape index (κ2) is 4.75. The molecule has 1 aliphatic rings. The molecule has 4 heteroatoms. The van der Waals surface area contributed by atoms with Gasteiger partial charge in [-0.25, -0.2) is 4.98 Å². The molecule has 2 rings (SSSR count). The van der Waals surface area contributed by atoms with Crippen molar-refractivity contribution in [3.05, 3.63) is 24.0 Å². The van der Waals surface area contributed by atoms with E-state index in [1.54, 1.807) is 6.20 Å². The highest BCUT2D eigenvalue weighted by Crippen LogP contribution is 2.23. The van der Waals surface area contributed by atoms with E-state index >= 15 is 0 Å². The molecular formula is C12H13N3O. The van der Waals surface area contributed by atoms with Crippen LogP contribution < -0.4 is 4.90 Å². The van der Waals surface area contributed by atoms with Gasteiger partial charge in [0.2, 0.25) is 0 Å². The van der Waals surface area contributed by atoms with Crippen molar-refractivity contribution in [1.82, 2.24) is 4.98 Å². The number of nitriles is 1. The van der Waals surface area contributed by atoms with Crippen molar-refractivity contribution in [1.29, 1.82) is 5.26 Å². The van der Waals surface area contributed by atoms with Crippen LogP contribution >= 0.6 is 0 Å². The van der Waals surface area contributed by atoms with E-state index in [2.05, 4.69) is 16.0 Å². The molecule has 0 amide bonds. The van der Waals surface area contributed by atoms with Gasteiger partial charge in [0.05, 0.1) is 5.69 Å². The Hall–Kier alpha value is -1.89. The molecule has 1 atom stereocenters. The van der Waals surface area contributed by atoms with Crippen molar-refractivity contribution in [3.63, 3.8) is 0 Å². The van der Waals surface area contributed by atoms with E-state index in [0.29, 0.717) is 12.2 Å². The summed E-state index contributed by atoms with van der Waals surface area (Å²) >= 11 is 0. The van der Waals surface area contributed by atoms with Gasteiger partial charge in [0, 0.05) is 25.2 Å². The van der Waals surface area contributed by atoms with Crippen LogP contribution in [0.5, 0.6) is 0 Å². The summed E-state index contributed by atoms with van der Waals surface area (Å²) in [7, 11) is 0. The number of carbonyl (C=O) groups is 1. The molecule has 1 fully saturated rings. The molecule has 0 aliphatic carbocycles. The molecule has 0 aromatic carbocycles. The summed E-state index contributed by atoms with van der Waals surface area (Å²) in [5.74, 6) is 0.0838. The first-order valence-corrected chi connectivity index (χ1v) is 5.40. The monoisotopic (exact) mass is 215 g/mol. The van der Waals surface area contributed by atoms with Gasteiger partial charge in [-0.1, -0.05) is 0 Å². The third-order valence-corrected chi connectivity index (χ3v) is 2.88. The number of pyridine rings is 1. The van der Waals surface area contributed by atoms with Crippen molar-refractivity contribution < 1.29 is 4.79 Å². The Morgan fingerprint density at radius 2 is 2.50 bits per heavy atom. The zero-order valence-corrected chi connectivity index (χ0v) is 8.97. The Kier molecular flexibility index (Phi) is 3.16. The molecule has 1 aromatic heterocycles. The first-order valence-electron chi connectivity index (χ1n) is 5.40. The second-order valence-corrected chi connectivity index (χ2v) is 3.97. The van der Waals surface area contributed by atoms with Gasteiger partial charge >= 0.3 is 0 Å². The van der Waals surface area contributed by atoms with Gasteiger partial charge in [0.15, 0.2) is 5.69 Å². The summed E-state index contributed by atoms with van der Waals surface area (Å²) in [6.07, 6.45) is 4.56. The first kappa shape index (κ1) is 10.6. The minimum Gasteiger partial charge on any atom is -0.368 e. The molecule has 0 saturated carbocycles. The van der Waals surface area contributed by atoms with Crippen LogP contribution in [0, 0.1) is 17.2 Å². The Balaban J connectivity index is 2.23. The van der Waals surface area contributed by atoms with E-state index in [9.17, 15) is 4.79 Å². The van der Waals surface area contributed by atoms with Crippen molar-refractivity contribution in [2.24, 2.45) is 5.92 Å². The van der Waals surface area contributed by atoms with E-state index in [-0.39, 0.29) is 5.92 Å². The lowest BCUT2D eigenvalue weighted by Crippen LogP contribution is -2.36. The van der Waals surface area contributed by atoms with Gasteiger partial charge in [-0.3, -0.25) is 0 Å². The number of aromatic nitrogens is 1. The van der Waals surface area contributed by atoms with Gasteiger partial charge in [0.1, 0.15) is 12.4 Å². The third kappa shape index (κ3) is 2.03. The van der Waals surface area contributed by atoms with Gasteiger partial charge in [-0.15, -0.1) is 0 Å². The molecule has 1 unspecified atom stereocenters. The fourth-order valence-corrected chi connectivity index (χ4v) is 2.08. The normalized spacial score (nSPS) is 20.2. The molecule has 0 radical (unpaired) electrons. The molecule has 1 saturated heterocycles. The Labute approximate surface area is 94.5 Å². The summed E-state index contributed by atoms with van der Waals surface area (Å²) in [4.78, 5) is 16.9. The number of hydrogen-bond donors (Lipinski definition) is 0. The highest BCUT2D eigenvalue weighted by molar-refractivity contribution is 5.60. The standard InChI is InChI=1S/C12H13N3O/c13-7-11-12(4-1-5-14-11)15-6-2-3-10(8-15)9-16/h1,4-5,9-10H,2-3,6,8H2. The summed E-state index contributed by atoms with van der Waals surface area (Å²) in [5.41, 5.74) is 1.28. The Morgan fingerprint density at radius 3 is 3.25 bits per heavy atom. The molecule has 1 aromatic rings. The number of hydrogen-bond acceptors (Lipinski definition) is 4. The number of rotatable bonds is 2. The molecule has 0 N–H and O–H groups in total. The quantitative estimate of drug-likeness (QED) is 0.699. The fourth-order valence-electron chi connectivity index (χ4n) is 2.08. The number of carbonyl (C=O) groups excluding carboxylic acids is 1. The molecule has 16 heavy (non-hydrogen) atoms. The van der Waals surface area contributed by atoms with Crippen LogP contribution in [0.1, 0.15) is 18.5 Å². The van der Waals surface area contributed by atoms with E-state index in [1.807, 2.05) is 12.1 Å². The van der Waals surface area contributed by atoms with E-state index in [1.165, 1.54) is 0 Å². The van der Waals surface area contributed by atoms with E-state index < -0.39 is 0 Å². The summed E-state index contributed by atoms with van der Waals surface area (Å²) in [6, 6.07) is 5.79. The van der Waals surface area contributed by atoms with E-state index in [4.69, 9.17) is 5.26 Å². The van der Waals surface area contributed by atoms with Crippen LogP contribution in [0.3, 0.4) is 0 Å². The average Bonchev–Trinajstić information content (AvgIpc) is 2.38. The van der Waals surface area contributed by atoms with Crippen LogP contribution in [-0.4, -0.2) is 24.4 Å². The van der Waals surface area contributed by atoms with Crippen LogP contribution in [0.4, 0.5) is 5.69 Å². The van der Waals surface area contributed by atoms with Crippen molar-refractivity contribution in [2.45, 2.75) is 12.8 Å². The minimum atomic E-state index is 0.0838. The molecule has 0 bridgehead atoms. The topological polar surface area (TPSA) is 57.0 Å². The molecule has 2 heterocycles. The summed E-state index contributed by atoms with van der Waals surface area (Å²) in [6.45, 7) is 1.59. The SMILES string of the molecule is N#Cc1ncccc1N1CCCC(C=O)C1. The van der Waals surface area contributed by atoms with Gasteiger partial charge < -0.3 is 9.69 Å². The maximum Gasteiger partial charge on any atom is 0.163 e. The van der Waals surface area contributed by atoms with Crippen molar-refractivity contribution >= 4 is 12.0 Å². The lowest BCUT2D eigenvalue weighted by atomic mass is 9.99. The third-order valence-electron chi connectivity index (χ3n) is 2.88. The smallest absolute Gasteiger partial charge is 0.163 e. The number of nitrogens with zero attached hydrogens (tertiary/aromatic N) is 3. The van der Waals surface area contributed by atoms with Gasteiger partial charge in [0.25, 0.3) is 0 Å². The maximum atomic E-state index is 10.8.